The molecule has 2 heterocycles. The molecular formula is C24H25FIN5O2. The molecule has 2 aromatic carbocycles. The highest BCUT2D eigenvalue weighted by Crippen LogP contribution is 2.31. The monoisotopic (exact) mass is 561 g/mol. The zero-order chi connectivity index (χ0) is 22.3. The Labute approximate surface area is 208 Å². The van der Waals surface area contributed by atoms with E-state index in [0.717, 1.165) is 16.8 Å². The van der Waals surface area contributed by atoms with Crippen molar-refractivity contribution >= 4 is 41.5 Å². The van der Waals surface area contributed by atoms with Crippen LogP contribution in [-0.2, 0) is 11.3 Å². The number of nitrogens with one attached hydrogen (secondary N) is 3. The van der Waals surface area contributed by atoms with Gasteiger partial charge < -0.3 is 20.7 Å². The molecule has 3 aromatic rings. The molecule has 0 spiro atoms. The summed E-state index contributed by atoms with van der Waals surface area (Å²) in [6, 6.07) is 17.4. The van der Waals surface area contributed by atoms with Crippen molar-refractivity contribution in [3.05, 3.63) is 83.8 Å². The van der Waals surface area contributed by atoms with E-state index in [0.29, 0.717) is 37.1 Å². The normalized spacial score (nSPS) is 15.0. The van der Waals surface area contributed by atoms with E-state index < -0.39 is 0 Å². The molecular weight excluding hydrogens is 536 g/mol. The molecule has 4 rings (SSSR count). The number of para-hydroxylation sites is 1. The summed E-state index contributed by atoms with van der Waals surface area (Å²) in [5.74, 6) is 1.03. The Kier molecular flexibility index (Phi) is 8.58. The molecule has 1 aliphatic rings. The summed E-state index contributed by atoms with van der Waals surface area (Å²) >= 11 is 0. The Balaban J connectivity index is 0.00000306. The SMILES string of the molecule is CN=C(NCc1cccnc1Oc1cccc(F)c1)NCC1CC(=O)Nc2ccccc21.I. The van der Waals surface area contributed by atoms with Gasteiger partial charge in [-0.3, -0.25) is 9.79 Å². The van der Waals surface area contributed by atoms with Crippen LogP contribution < -0.4 is 20.7 Å². The van der Waals surface area contributed by atoms with Crippen molar-refractivity contribution in [3.8, 4) is 11.6 Å². The standard InChI is InChI=1S/C24H24FN5O2.HI/c1-26-24(29-15-17-12-22(31)30-21-10-3-2-9-20(17)21)28-14-16-6-5-11-27-23(16)32-19-8-4-7-18(25)13-19;/h2-11,13,17H,12,14-15H2,1H3,(H,30,31)(H2,26,28,29);1H. The third-order valence-electron chi connectivity index (χ3n) is 5.15. The fourth-order valence-corrected chi connectivity index (χ4v) is 3.60. The molecule has 1 atom stereocenters. The molecule has 0 saturated carbocycles. The number of fused-ring (bicyclic) bond motifs is 1. The van der Waals surface area contributed by atoms with E-state index >= 15 is 0 Å². The second-order valence-electron chi connectivity index (χ2n) is 7.37. The Hall–Kier alpha value is -3.21. The molecule has 3 N–H and O–H groups in total. The highest BCUT2D eigenvalue weighted by Gasteiger charge is 2.24. The number of ether oxygens (including phenoxy) is 1. The molecule has 1 unspecified atom stereocenters. The van der Waals surface area contributed by atoms with E-state index in [1.54, 1.807) is 25.4 Å². The zero-order valence-corrected chi connectivity index (χ0v) is 20.4. The van der Waals surface area contributed by atoms with Crippen LogP contribution in [0.2, 0.25) is 0 Å². The first kappa shape index (κ1) is 24.4. The maximum absolute atomic E-state index is 13.5. The van der Waals surface area contributed by atoms with Crippen LogP contribution in [0, 0.1) is 5.82 Å². The molecule has 1 amide bonds. The molecule has 0 fully saturated rings. The molecule has 1 aromatic heterocycles. The van der Waals surface area contributed by atoms with Crippen molar-refractivity contribution in [1.82, 2.24) is 15.6 Å². The summed E-state index contributed by atoms with van der Waals surface area (Å²) < 4.78 is 19.2. The number of aromatic nitrogens is 1. The van der Waals surface area contributed by atoms with Gasteiger partial charge in [0.05, 0.1) is 0 Å². The summed E-state index contributed by atoms with van der Waals surface area (Å²) in [7, 11) is 1.68. The number of hydrogen-bond donors (Lipinski definition) is 3. The zero-order valence-electron chi connectivity index (χ0n) is 18.0. The molecule has 0 saturated heterocycles. The number of carbonyl (C=O) groups is 1. The molecule has 0 radical (unpaired) electrons. The number of nitrogens with zero attached hydrogens (tertiary/aromatic N) is 2. The first-order chi connectivity index (χ1) is 15.6. The van der Waals surface area contributed by atoms with Crippen LogP contribution >= 0.6 is 24.0 Å². The summed E-state index contributed by atoms with van der Waals surface area (Å²) in [5, 5.41) is 9.45. The van der Waals surface area contributed by atoms with E-state index in [1.807, 2.05) is 36.4 Å². The van der Waals surface area contributed by atoms with Crippen LogP contribution in [0.3, 0.4) is 0 Å². The maximum atomic E-state index is 13.5. The minimum atomic E-state index is -0.374. The average Bonchev–Trinajstić information content (AvgIpc) is 2.80. The topological polar surface area (TPSA) is 87.6 Å². The average molecular weight is 561 g/mol. The number of aliphatic imine (C=N–C) groups is 1. The van der Waals surface area contributed by atoms with Gasteiger partial charge in [0.2, 0.25) is 11.8 Å². The number of halogens is 2. The van der Waals surface area contributed by atoms with E-state index in [2.05, 4.69) is 25.9 Å². The third-order valence-corrected chi connectivity index (χ3v) is 5.15. The van der Waals surface area contributed by atoms with Gasteiger partial charge in [0.25, 0.3) is 0 Å². The van der Waals surface area contributed by atoms with Gasteiger partial charge >= 0.3 is 0 Å². The van der Waals surface area contributed by atoms with Crippen molar-refractivity contribution in [2.45, 2.75) is 18.9 Å². The van der Waals surface area contributed by atoms with Crippen molar-refractivity contribution in [1.29, 1.82) is 0 Å². The number of hydrogen-bond acceptors (Lipinski definition) is 4. The predicted octanol–water partition coefficient (Wildman–Crippen LogP) is 4.42. The summed E-state index contributed by atoms with van der Waals surface area (Å²) in [5.41, 5.74) is 2.75. The van der Waals surface area contributed by atoms with Crippen LogP contribution in [0.1, 0.15) is 23.5 Å². The van der Waals surface area contributed by atoms with Crippen LogP contribution in [0.15, 0.2) is 71.9 Å². The summed E-state index contributed by atoms with van der Waals surface area (Å²) in [6.07, 6.45) is 2.03. The van der Waals surface area contributed by atoms with E-state index in [4.69, 9.17) is 4.74 Å². The number of pyridine rings is 1. The summed E-state index contributed by atoms with van der Waals surface area (Å²) in [4.78, 5) is 20.6. The van der Waals surface area contributed by atoms with Gasteiger partial charge in [-0.15, -0.1) is 24.0 Å². The van der Waals surface area contributed by atoms with Gasteiger partial charge in [-0.2, -0.15) is 0 Å². The highest BCUT2D eigenvalue weighted by molar-refractivity contribution is 14.0. The molecule has 7 nitrogen and oxygen atoms in total. The molecule has 33 heavy (non-hydrogen) atoms. The minimum Gasteiger partial charge on any atom is -0.439 e. The Bertz CT molecular complexity index is 1140. The number of rotatable bonds is 6. The van der Waals surface area contributed by atoms with Gasteiger partial charge in [-0.05, 0) is 29.8 Å². The molecule has 9 heteroatoms. The lowest BCUT2D eigenvalue weighted by Crippen LogP contribution is -2.40. The van der Waals surface area contributed by atoms with E-state index in [1.165, 1.54) is 12.1 Å². The van der Waals surface area contributed by atoms with E-state index in [-0.39, 0.29) is 41.6 Å². The second kappa shape index (κ2) is 11.6. The number of benzene rings is 2. The number of carbonyl (C=O) groups excluding carboxylic acids is 1. The molecule has 0 aliphatic carbocycles. The molecule has 1 aliphatic heterocycles. The first-order valence-electron chi connectivity index (χ1n) is 10.3. The third kappa shape index (κ3) is 6.41. The lowest BCUT2D eigenvalue weighted by Gasteiger charge is -2.26. The Morgan fingerprint density at radius 1 is 1.18 bits per heavy atom. The van der Waals surface area contributed by atoms with Gasteiger partial charge in [0, 0.05) is 56.0 Å². The highest BCUT2D eigenvalue weighted by atomic mass is 127. The largest absolute Gasteiger partial charge is 0.439 e. The van der Waals surface area contributed by atoms with Crippen LogP contribution in [0.4, 0.5) is 10.1 Å². The maximum Gasteiger partial charge on any atom is 0.225 e. The minimum absolute atomic E-state index is 0. The predicted molar refractivity (Wildman–Crippen MR) is 137 cm³/mol. The number of anilines is 1. The Morgan fingerprint density at radius 3 is 2.85 bits per heavy atom. The van der Waals surface area contributed by atoms with Gasteiger partial charge in [0.15, 0.2) is 5.96 Å². The van der Waals surface area contributed by atoms with Gasteiger partial charge in [-0.1, -0.05) is 30.3 Å². The fraction of sp³-hybridized carbons (Fsp3) is 0.208. The first-order valence-corrected chi connectivity index (χ1v) is 10.3. The quantitative estimate of drug-likeness (QED) is 0.236. The lowest BCUT2D eigenvalue weighted by atomic mass is 9.90. The van der Waals surface area contributed by atoms with Crippen molar-refractivity contribution in [2.24, 2.45) is 4.99 Å². The number of amides is 1. The van der Waals surface area contributed by atoms with Gasteiger partial charge in [-0.25, -0.2) is 9.37 Å². The van der Waals surface area contributed by atoms with Crippen molar-refractivity contribution in [2.75, 3.05) is 18.9 Å². The number of guanidine groups is 1. The van der Waals surface area contributed by atoms with Gasteiger partial charge in [0.1, 0.15) is 11.6 Å². The summed E-state index contributed by atoms with van der Waals surface area (Å²) in [6.45, 7) is 0.962. The molecule has 0 bridgehead atoms. The fourth-order valence-electron chi connectivity index (χ4n) is 3.60. The van der Waals surface area contributed by atoms with Crippen molar-refractivity contribution in [3.63, 3.8) is 0 Å². The lowest BCUT2D eigenvalue weighted by molar-refractivity contribution is -0.116. The van der Waals surface area contributed by atoms with Crippen LogP contribution in [0.5, 0.6) is 11.6 Å². The van der Waals surface area contributed by atoms with E-state index in [9.17, 15) is 9.18 Å². The molecule has 172 valence electrons. The van der Waals surface area contributed by atoms with Crippen LogP contribution in [0.25, 0.3) is 0 Å². The smallest absolute Gasteiger partial charge is 0.225 e. The Morgan fingerprint density at radius 2 is 2.03 bits per heavy atom. The van der Waals surface area contributed by atoms with Crippen molar-refractivity contribution < 1.29 is 13.9 Å². The van der Waals surface area contributed by atoms with Crippen LogP contribution in [-0.4, -0.2) is 30.4 Å². The second-order valence-corrected chi connectivity index (χ2v) is 7.37.